The Balaban J connectivity index is 2.68. The van der Waals surface area contributed by atoms with E-state index in [4.69, 9.17) is 32.7 Å². The van der Waals surface area contributed by atoms with Crippen LogP contribution in [0.1, 0.15) is 0 Å². The third-order valence-electron chi connectivity index (χ3n) is 1.92. The zero-order valence-electron chi connectivity index (χ0n) is 9.27. The maximum atomic E-state index is 10.8. The van der Waals surface area contributed by atoms with Gasteiger partial charge in [0.1, 0.15) is 6.61 Å². The minimum absolute atomic E-state index is 0.0730. The lowest BCUT2D eigenvalue weighted by molar-refractivity contribution is -0.385. The van der Waals surface area contributed by atoms with Gasteiger partial charge in [-0.3, -0.25) is 10.1 Å². The minimum Gasteiger partial charge on any atom is -0.484 e. The number of halogens is 2. The molecule has 0 saturated carbocycles. The van der Waals surface area contributed by atoms with Crippen molar-refractivity contribution in [2.24, 2.45) is 0 Å². The Bertz CT molecular complexity index is 431. The predicted octanol–water partition coefficient (Wildman–Crippen LogP) is 3.23. The van der Waals surface area contributed by atoms with E-state index in [9.17, 15) is 10.1 Å². The third kappa shape index (κ3) is 4.53. The molecule has 0 bridgehead atoms. The molecule has 18 heavy (non-hydrogen) atoms. The molecule has 8 heteroatoms. The van der Waals surface area contributed by atoms with Gasteiger partial charge in [-0.05, 0) is 0 Å². The van der Waals surface area contributed by atoms with Crippen LogP contribution in [0, 0.1) is 10.1 Å². The number of hydrogen-bond donors (Lipinski definition) is 1. The van der Waals surface area contributed by atoms with Gasteiger partial charge >= 0.3 is 5.69 Å². The van der Waals surface area contributed by atoms with Crippen LogP contribution >= 0.6 is 35.8 Å². The Morgan fingerprint density at radius 1 is 1.22 bits per heavy atom. The van der Waals surface area contributed by atoms with Crippen molar-refractivity contribution >= 4 is 41.5 Å². The Labute approximate surface area is 120 Å². The van der Waals surface area contributed by atoms with E-state index in [1.165, 1.54) is 6.07 Å². The van der Waals surface area contributed by atoms with E-state index in [1.807, 2.05) is 0 Å². The average Bonchev–Trinajstić information content (AvgIpc) is 2.32. The van der Waals surface area contributed by atoms with E-state index in [1.54, 1.807) is 0 Å². The SMILES string of the molecule is O=[N+]([O-])c1cc(Cl)c(Cl)cc1OCCOCCS. The molecule has 5 nitrogen and oxygen atoms in total. The highest BCUT2D eigenvalue weighted by atomic mass is 35.5. The van der Waals surface area contributed by atoms with Gasteiger partial charge in [-0.15, -0.1) is 0 Å². The molecule has 0 heterocycles. The summed E-state index contributed by atoms with van der Waals surface area (Å²) in [5.74, 6) is 0.677. The maximum Gasteiger partial charge on any atom is 0.312 e. The summed E-state index contributed by atoms with van der Waals surface area (Å²) >= 11 is 15.5. The monoisotopic (exact) mass is 311 g/mol. The molecule has 0 N–H and O–H groups in total. The molecule has 1 rings (SSSR count). The number of rotatable bonds is 7. The number of nitro benzene ring substituents is 1. The van der Waals surface area contributed by atoms with Crippen molar-refractivity contribution in [1.29, 1.82) is 0 Å². The Morgan fingerprint density at radius 2 is 1.89 bits per heavy atom. The molecule has 0 saturated heterocycles. The first-order valence-electron chi connectivity index (χ1n) is 5.01. The molecule has 1 aromatic carbocycles. The summed E-state index contributed by atoms with van der Waals surface area (Å²) in [5.41, 5.74) is -0.224. The van der Waals surface area contributed by atoms with Crippen molar-refractivity contribution in [3.63, 3.8) is 0 Å². The summed E-state index contributed by atoms with van der Waals surface area (Å²) in [6.45, 7) is 1.00. The van der Waals surface area contributed by atoms with Crippen LogP contribution in [-0.4, -0.2) is 30.5 Å². The average molecular weight is 312 g/mol. The van der Waals surface area contributed by atoms with Crippen molar-refractivity contribution in [3.8, 4) is 5.75 Å². The normalized spacial score (nSPS) is 10.4. The Morgan fingerprint density at radius 3 is 2.50 bits per heavy atom. The molecule has 0 radical (unpaired) electrons. The number of nitro groups is 1. The summed E-state index contributed by atoms with van der Waals surface area (Å²) in [4.78, 5) is 10.2. The van der Waals surface area contributed by atoms with Crippen LogP contribution < -0.4 is 4.74 Å². The van der Waals surface area contributed by atoms with Crippen LogP contribution in [0.2, 0.25) is 10.0 Å². The summed E-state index contributed by atoms with van der Waals surface area (Å²) in [7, 11) is 0. The largest absolute Gasteiger partial charge is 0.484 e. The second-order valence-electron chi connectivity index (χ2n) is 3.18. The number of hydrogen-bond acceptors (Lipinski definition) is 5. The van der Waals surface area contributed by atoms with Crippen LogP contribution in [-0.2, 0) is 4.74 Å². The van der Waals surface area contributed by atoms with Crippen LogP contribution in [0.3, 0.4) is 0 Å². The summed E-state index contributed by atoms with van der Waals surface area (Å²) in [6.07, 6.45) is 0. The molecular weight excluding hydrogens is 301 g/mol. The molecule has 0 fully saturated rings. The van der Waals surface area contributed by atoms with E-state index < -0.39 is 4.92 Å². The third-order valence-corrected chi connectivity index (χ3v) is 2.82. The highest BCUT2D eigenvalue weighted by Crippen LogP contribution is 2.35. The maximum absolute atomic E-state index is 10.8. The van der Waals surface area contributed by atoms with Crippen molar-refractivity contribution in [2.75, 3.05) is 25.6 Å². The van der Waals surface area contributed by atoms with Gasteiger partial charge in [0.05, 0.1) is 28.2 Å². The lowest BCUT2D eigenvalue weighted by Gasteiger charge is -2.08. The van der Waals surface area contributed by atoms with Gasteiger partial charge in [0.25, 0.3) is 0 Å². The molecule has 0 aliphatic carbocycles. The molecule has 1 aromatic rings. The number of benzene rings is 1. The van der Waals surface area contributed by atoms with Crippen LogP contribution in [0.15, 0.2) is 12.1 Å². The molecule has 0 aromatic heterocycles. The van der Waals surface area contributed by atoms with Gasteiger partial charge < -0.3 is 9.47 Å². The molecule has 0 unspecified atom stereocenters. The first-order valence-corrected chi connectivity index (χ1v) is 6.40. The predicted molar refractivity (Wildman–Crippen MR) is 73.3 cm³/mol. The lowest BCUT2D eigenvalue weighted by atomic mass is 10.3. The molecule has 0 amide bonds. The Kier molecular flexibility index (Phi) is 6.56. The second-order valence-corrected chi connectivity index (χ2v) is 4.44. The second kappa shape index (κ2) is 7.68. The summed E-state index contributed by atoms with van der Waals surface area (Å²) in [5, 5.41) is 11.1. The van der Waals surface area contributed by atoms with Gasteiger partial charge in [0, 0.05) is 17.9 Å². The van der Waals surface area contributed by atoms with Gasteiger partial charge in [0.2, 0.25) is 0 Å². The van der Waals surface area contributed by atoms with E-state index in [0.717, 1.165) is 6.07 Å². The number of thiol groups is 1. The lowest BCUT2D eigenvalue weighted by Crippen LogP contribution is -2.09. The number of ether oxygens (including phenoxy) is 2. The standard InChI is InChI=1S/C10H11Cl2NO4S/c11-7-5-9(13(14)15)10(6-8(7)12)17-2-1-16-3-4-18/h5-6,18H,1-4H2. The molecule has 0 atom stereocenters. The van der Waals surface area contributed by atoms with Crippen molar-refractivity contribution in [3.05, 3.63) is 32.3 Å². The van der Waals surface area contributed by atoms with E-state index in [2.05, 4.69) is 12.6 Å². The van der Waals surface area contributed by atoms with E-state index in [0.29, 0.717) is 19.0 Å². The van der Waals surface area contributed by atoms with Gasteiger partial charge in [-0.25, -0.2) is 0 Å². The first-order chi connectivity index (χ1) is 8.56. The van der Waals surface area contributed by atoms with E-state index in [-0.39, 0.29) is 28.1 Å². The van der Waals surface area contributed by atoms with Crippen LogP contribution in [0.5, 0.6) is 5.75 Å². The van der Waals surface area contributed by atoms with Crippen LogP contribution in [0.4, 0.5) is 5.69 Å². The quantitative estimate of drug-likeness (QED) is 0.363. The van der Waals surface area contributed by atoms with E-state index >= 15 is 0 Å². The number of nitrogens with zero attached hydrogens (tertiary/aromatic N) is 1. The van der Waals surface area contributed by atoms with Gasteiger partial charge in [-0.1, -0.05) is 23.2 Å². The fourth-order valence-corrected chi connectivity index (χ4v) is 1.59. The van der Waals surface area contributed by atoms with Gasteiger partial charge in [-0.2, -0.15) is 12.6 Å². The molecule has 0 aliphatic rings. The van der Waals surface area contributed by atoms with Crippen LogP contribution in [0.25, 0.3) is 0 Å². The smallest absolute Gasteiger partial charge is 0.312 e. The summed E-state index contributed by atoms with van der Waals surface area (Å²) in [6, 6.07) is 2.48. The fourth-order valence-electron chi connectivity index (χ4n) is 1.15. The first kappa shape index (κ1) is 15.4. The van der Waals surface area contributed by atoms with Crippen molar-refractivity contribution < 1.29 is 14.4 Å². The fraction of sp³-hybridized carbons (Fsp3) is 0.400. The molecule has 0 aliphatic heterocycles. The summed E-state index contributed by atoms with van der Waals surface area (Å²) < 4.78 is 10.4. The zero-order valence-corrected chi connectivity index (χ0v) is 11.7. The molecular formula is C10H11Cl2NO4S. The highest BCUT2D eigenvalue weighted by Gasteiger charge is 2.18. The molecule has 100 valence electrons. The topological polar surface area (TPSA) is 61.6 Å². The highest BCUT2D eigenvalue weighted by molar-refractivity contribution is 7.80. The Hall–Kier alpha value is -0.690. The minimum atomic E-state index is -0.577. The molecule has 0 spiro atoms. The van der Waals surface area contributed by atoms with Crippen molar-refractivity contribution in [2.45, 2.75) is 0 Å². The van der Waals surface area contributed by atoms with Gasteiger partial charge in [0.15, 0.2) is 5.75 Å². The zero-order chi connectivity index (χ0) is 13.5. The van der Waals surface area contributed by atoms with Crippen molar-refractivity contribution in [1.82, 2.24) is 0 Å².